The highest BCUT2D eigenvalue weighted by Crippen LogP contribution is 2.28. The molecular formula is C19H19BrN4O3S. The molecule has 0 aromatic heterocycles. The van der Waals surface area contributed by atoms with Crippen LogP contribution in [-0.2, 0) is 9.59 Å². The standard InChI is InChI=1S/C19H19BrN4O3S/c1-2-27-15-5-3-4-14(9-15)23-18(26)16-10-17(25)24(19(21)28-16)22-11-12-6-7-13(20)8-12/h3-5,7-9,11,16,21H,2,6,10H2,1H3,(H,23,26)/b21-19?,22-11+. The van der Waals surface area contributed by atoms with E-state index < -0.39 is 5.25 Å². The number of hydrogen-bond acceptors (Lipinski definition) is 6. The van der Waals surface area contributed by atoms with Gasteiger partial charge in [-0.05, 0) is 37.1 Å². The first-order valence-electron chi connectivity index (χ1n) is 8.68. The minimum atomic E-state index is -0.677. The van der Waals surface area contributed by atoms with Crippen molar-refractivity contribution in [3.05, 3.63) is 46.5 Å². The summed E-state index contributed by atoms with van der Waals surface area (Å²) >= 11 is 4.39. The normalized spacial score (nSPS) is 19.6. The maximum Gasteiger partial charge on any atom is 0.250 e. The van der Waals surface area contributed by atoms with Crippen molar-refractivity contribution < 1.29 is 14.3 Å². The van der Waals surface area contributed by atoms with Crippen LogP contribution in [0.5, 0.6) is 5.75 Å². The quantitative estimate of drug-likeness (QED) is 0.626. The first-order chi connectivity index (χ1) is 13.5. The van der Waals surface area contributed by atoms with Crippen molar-refractivity contribution in [2.24, 2.45) is 5.10 Å². The van der Waals surface area contributed by atoms with E-state index in [0.717, 1.165) is 33.2 Å². The van der Waals surface area contributed by atoms with Crippen LogP contribution in [0, 0.1) is 5.41 Å². The number of nitrogens with zero attached hydrogens (tertiary/aromatic N) is 2. The van der Waals surface area contributed by atoms with Gasteiger partial charge in [0, 0.05) is 16.2 Å². The number of rotatable bonds is 6. The van der Waals surface area contributed by atoms with Crippen molar-refractivity contribution >= 4 is 56.6 Å². The summed E-state index contributed by atoms with van der Waals surface area (Å²) in [6, 6.07) is 7.06. The number of anilines is 1. The molecule has 7 nitrogen and oxygen atoms in total. The third-order valence-electron chi connectivity index (χ3n) is 3.94. The summed E-state index contributed by atoms with van der Waals surface area (Å²) in [4.78, 5) is 24.9. The van der Waals surface area contributed by atoms with Gasteiger partial charge in [0.2, 0.25) is 5.91 Å². The maximum absolute atomic E-state index is 12.5. The molecule has 9 heteroatoms. The van der Waals surface area contributed by atoms with E-state index in [2.05, 4.69) is 26.3 Å². The number of benzene rings is 1. The topological polar surface area (TPSA) is 94.8 Å². The molecule has 1 aromatic rings. The molecule has 0 spiro atoms. The second kappa shape index (κ2) is 9.20. The van der Waals surface area contributed by atoms with Gasteiger partial charge >= 0.3 is 0 Å². The van der Waals surface area contributed by atoms with E-state index in [9.17, 15) is 9.59 Å². The number of thioether (sulfide) groups is 1. The molecule has 3 rings (SSSR count). The van der Waals surface area contributed by atoms with Gasteiger partial charge in [-0.15, -0.1) is 0 Å². The van der Waals surface area contributed by atoms with Crippen molar-refractivity contribution in [3.63, 3.8) is 0 Å². The van der Waals surface area contributed by atoms with Crippen molar-refractivity contribution in [2.45, 2.75) is 25.0 Å². The van der Waals surface area contributed by atoms with Gasteiger partial charge < -0.3 is 10.1 Å². The summed E-state index contributed by atoms with van der Waals surface area (Å²) in [6.07, 6.45) is 6.15. The number of nitrogens with one attached hydrogen (secondary N) is 2. The zero-order chi connectivity index (χ0) is 20.1. The molecule has 0 bridgehead atoms. The second-order valence-corrected chi connectivity index (χ2v) is 8.14. The van der Waals surface area contributed by atoms with E-state index in [-0.39, 0.29) is 23.4 Å². The summed E-state index contributed by atoms with van der Waals surface area (Å²) in [5.74, 6) is -0.0517. The van der Waals surface area contributed by atoms with E-state index in [1.54, 1.807) is 30.5 Å². The van der Waals surface area contributed by atoms with Crippen LogP contribution >= 0.6 is 27.7 Å². The molecule has 1 fully saturated rings. The molecule has 1 aliphatic heterocycles. The molecule has 1 aliphatic carbocycles. The summed E-state index contributed by atoms with van der Waals surface area (Å²) < 4.78 is 6.39. The maximum atomic E-state index is 12.5. The Bertz CT molecular complexity index is 879. The lowest BCUT2D eigenvalue weighted by molar-refractivity contribution is -0.129. The first-order valence-corrected chi connectivity index (χ1v) is 10.4. The Labute approximate surface area is 175 Å². The highest BCUT2D eigenvalue weighted by atomic mass is 79.9. The fourth-order valence-electron chi connectivity index (χ4n) is 2.63. The Morgan fingerprint density at radius 1 is 1.54 bits per heavy atom. The molecule has 1 atom stereocenters. The van der Waals surface area contributed by atoms with Crippen molar-refractivity contribution in [1.29, 1.82) is 5.41 Å². The van der Waals surface area contributed by atoms with Gasteiger partial charge in [0.15, 0.2) is 5.17 Å². The van der Waals surface area contributed by atoms with Gasteiger partial charge in [0.05, 0.1) is 19.2 Å². The Balaban J connectivity index is 1.60. The number of ether oxygens (including phenoxy) is 1. The van der Waals surface area contributed by atoms with Crippen molar-refractivity contribution in [1.82, 2.24) is 5.01 Å². The van der Waals surface area contributed by atoms with Crippen LogP contribution < -0.4 is 10.1 Å². The van der Waals surface area contributed by atoms with Gasteiger partial charge in [0.25, 0.3) is 5.91 Å². The molecule has 1 saturated heterocycles. The zero-order valence-electron chi connectivity index (χ0n) is 15.1. The lowest BCUT2D eigenvalue weighted by Gasteiger charge is -2.27. The first kappa shape index (κ1) is 20.3. The number of amidine groups is 1. The molecule has 0 saturated carbocycles. The Morgan fingerprint density at radius 2 is 2.36 bits per heavy atom. The van der Waals surface area contributed by atoms with Crippen LogP contribution in [-0.4, -0.2) is 40.1 Å². The van der Waals surface area contributed by atoms with Gasteiger partial charge in [-0.1, -0.05) is 39.8 Å². The van der Waals surface area contributed by atoms with Crippen LogP contribution in [0.4, 0.5) is 5.69 Å². The minimum Gasteiger partial charge on any atom is -0.494 e. The van der Waals surface area contributed by atoms with Crippen molar-refractivity contribution in [3.8, 4) is 5.75 Å². The van der Waals surface area contributed by atoms with Crippen LogP contribution in [0.1, 0.15) is 19.8 Å². The molecule has 1 unspecified atom stereocenters. The minimum absolute atomic E-state index is 0.0254. The molecule has 0 radical (unpaired) electrons. The SMILES string of the molecule is CCOc1cccc(NC(=O)C2CC(=O)N(/N=C/C3=CC(Br)=CC3)C(=N)S2)c1. The van der Waals surface area contributed by atoms with Crippen LogP contribution in [0.2, 0.25) is 0 Å². The van der Waals surface area contributed by atoms with Crippen molar-refractivity contribution in [2.75, 3.05) is 11.9 Å². The van der Waals surface area contributed by atoms with E-state index in [4.69, 9.17) is 10.1 Å². The third-order valence-corrected chi connectivity index (χ3v) is 5.56. The van der Waals surface area contributed by atoms with E-state index in [1.165, 1.54) is 0 Å². The predicted molar refractivity (Wildman–Crippen MR) is 115 cm³/mol. The number of allylic oxidation sites excluding steroid dienone is 4. The van der Waals surface area contributed by atoms with Gasteiger partial charge in [-0.25, -0.2) is 0 Å². The number of hydrogen-bond donors (Lipinski definition) is 2. The lowest BCUT2D eigenvalue weighted by atomic mass is 10.2. The predicted octanol–water partition coefficient (Wildman–Crippen LogP) is 3.89. The fraction of sp³-hybridized carbons (Fsp3) is 0.263. The highest BCUT2D eigenvalue weighted by Gasteiger charge is 2.35. The molecule has 1 aromatic carbocycles. The monoisotopic (exact) mass is 462 g/mol. The number of carbonyl (C=O) groups is 2. The number of halogens is 1. The van der Waals surface area contributed by atoms with Crippen LogP contribution in [0.3, 0.4) is 0 Å². The lowest BCUT2D eigenvalue weighted by Crippen LogP contribution is -2.42. The Kier molecular flexibility index (Phi) is 6.69. The van der Waals surface area contributed by atoms with Gasteiger partial charge in [-0.2, -0.15) is 10.1 Å². The summed E-state index contributed by atoms with van der Waals surface area (Å²) in [6.45, 7) is 2.41. The van der Waals surface area contributed by atoms with E-state index >= 15 is 0 Å². The molecule has 2 amide bonds. The molecule has 1 heterocycles. The van der Waals surface area contributed by atoms with Gasteiger partial charge in [0.1, 0.15) is 11.0 Å². The average Bonchev–Trinajstić information content (AvgIpc) is 3.06. The molecule has 2 N–H and O–H groups in total. The smallest absolute Gasteiger partial charge is 0.250 e. The number of amides is 2. The van der Waals surface area contributed by atoms with E-state index in [1.807, 2.05) is 19.1 Å². The summed E-state index contributed by atoms with van der Waals surface area (Å²) in [7, 11) is 0. The summed E-state index contributed by atoms with van der Waals surface area (Å²) in [5, 5.41) is 15.3. The second-order valence-electron chi connectivity index (χ2n) is 6.03. The molecule has 28 heavy (non-hydrogen) atoms. The molecule has 2 aliphatic rings. The van der Waals surface area contributed by atoms with Gasteiger partial charge in [-0.3, -0.25) is 15.0 Å². The number of carbonyl (C=O) groups excluding carboxylic acids is 2. The number of hydrazone groups is 1. The Morgan fingerprint density at radius 3 is 3.04 bits per heavy atom. The fourth-order valence-corrected chi connectivity index (χ4v) is 4.00. The zero-order valence-corrected chi connectivity index (χ0v) is 17.5. The third kappa shape index (κ3) is 5.11. The molecule has 146 valence electrons. The largest absolute Gasteiger partial charge is 0.494 e. The van der Waals surface area contributed by atoms with Crippen LogP contribution in [0.15, 0.2) is 51.6 Å². The molecular weight excluding hydrogens is 444 g/mol. The van der Waals surface area contributed by atoms with E-state index in [0.29, 0.717) is 18.0 Å². The Hall–Kier alpha value is -2.39. The average molecular weight is 463 g/mol. The summed E-state index contributed by atoms with van der Waals surface area (Å²) in [5.41, 5.74) is 1.52. The highest BCUT2D eigenvalue weighted by molar-refractivity contribution is 9.11. The van der Waals surface area contributed by atoms with Crippen LogP contribution in [0.25, 0.3) is 0 Å².